The van der Waals surface area contributed by atoms with Crippen LogP contribution < -0.4 is 0 Å². The molecule has 5 heteroatoms. The van der Waals surface area contributed by atoms with Gasteiger partial charge in [0.25, 0.3) is 0 Å². The van der Waals surface area contributed by atoms with E-state index in [0.717, 1.165) is 0 Å². The number of nitrogens with zero attached hydrogens (tertiary/aromatic N) is 2. The van der Waals surface area contributed by atoms with Crippen LogP contribution in [0.1, 0.15) is 27.6 Å². The molecule has 0 amide bonds. The zero-order chi connectivity index (χ0) is 15.0. The van der Waals surface area contributed by atoms with Gasteiger partial charge in [-0.25, -0.2) is 14.8 Å². The first-order valence-electron chi connectivity index (χ1n) is 6.39. The summed E-state index contributed by atoms with van der Waals surface area (Å²) in [7, 11) is 1.34. The number of rotatable bonds is 2. The second kappa shape index (κ2) is 4.94. The van der Waals surface area contributed by atoms with Gasteiger partial charge in [0.1, 0.15) is 0 Å². The van der Waals surface area contributed by atoms with Crippen LogP contribution in [0.3, 0.4) is 0 Å². The predicted molar refractivity (Wildman–Crippen MR) is 78.4 cm³/mol. The normalized spacial score (nSPS) is 10.8. The molecule has 0 atom stereocenters. The third-order valence-corrected chi connectivity index (χ3v) is 3.26. The molecule has 0 fully saturated rings. The summed E-state index contributed by atoms with van der Waals surface area (Å²) in [6, 6.07) is 10.2. The molecule has 0 aliphatic carbocycles. The monoisotopic (exact) mass is 280 g/mol. The molecule has 1 aromatic heterocycles. The van der Waals surface area contributed by atoms with Crippen LogP contribution in [0.25, 0.3) is 22.1 Å². The summed E-state index contributed by atoms with van der Waals surface area (Å²) >= 11 is 0. The Bertz CT molecular complexity index is 887. The first kappa shape index (κ1) is 13.2. The topological polar surface area (TPSA) is 69.2 Å². The van der Waals surface area contributed by atoms with Crippen LogP contribution in [0.2, 0.25) is 0 Å². The minimum absolute atomic E-state index is 0.0140. The van der Waals surface area contributed by atoms with Crippen LogP contribution in [-0.4, -0.2) is 28.8 Å². The molecular formula is C16H12N2O3. The molecular weight excluding hydrogens is 268 g/mol. The fraction of sp³-hybridized carbons (Fsp3) is 0.125. The Morgan fingerprint density at radius 1 is 0.857 bits per heavy atom. The molecule has 2 aromatic carbocycles. The lowest BCUT2D eigenvalue weighted by molar-refractivity contribution is 0.0600. The molecule has 104 valence electrons. The number of hydrogen-bond donors (Lipinski definition) is 0. The highest BCUT2D eigenvalue weighted by molar-refractivity contribution is 5.99. The van der Waals surface area contributed by atoms with Crippen molar-refractivity contribution in [1.82, 2.24) is 9.97 Å². The molecule has 0 bridgehead atoms. The highest BCUT2D eigenvalue weighted by Crippen LogP contribution is 2.19. The fourth-order valence-corrected chi connectivity index (χ4v) is 2.14. The van der Waals surface area contributed by atoms with E-state index >= 15 is 0 Å². The first-order valence-corrected chi connectivity index (χ1v) is 6.39. The van der Waals surface area contributed by atoms with Crippen molar-refractivity contribution in [2.24, 2.45) is 0 Å². The maximum Gasteiger partial charge on any atom is 0.337 e. The smallest absolute Gasteiger partial charge is 0.337 e. The molecule has 5 nitrogen and oxygen atoms in total. The average molecular weight is 280 g/mol. The first-order chi connectivity index (χ1) is 10.1. The molecule has 0 unspecified atom stereocenters. The van der Waals surface area contributed by atoms with E-state index < -0.39 is 5.97 Å². The SMILES string of the molecule is COC(=O)c1ccc2nc3cc(C(C)=O)ccc3nc2c1. The van der Waals surface area contributed by atoms with E-state index in [4.69, 9.17) is 4.74 Å². The lowest BCUT2D eigenvalue weighted by Gasteiger charge is -2.04. The van der Waals surface area contributed by atoms with E-state index in [-0.39, 0.29) is 5.78 Å². The lowest BCUT2D eigenvalue weighted by atomic mass is 10.1. The van der Waals surface area contributed by atoms with Gasteiger partial charge in [0.05, 0.1) is 34.7 Å². The maximum atomic E-state index is 11.5. The van der Waals surface area contributed by atoms with Crippen molar-refractivity contribution in [2.75, 3.05) is 7.11 Å². The summed E-state index contributed by atoms with van der Waals surface area (Å²) in [5.74, 6) is -0.425. The molecule has 0 N–H and O–H groups in total. The minimum Gasteiger partial charge on any atom is -0.465 e. The predicted octanol–water partition coefficient (Wildman–Crippen LogP) is 2.77. The van der Waals surface area contributed by atoms with Crippen LogP contribution in [0, 0.1) is 0 Å². The molecule has 0 radical (unpaired) electrons. The van der Waals surface area contributed by atoms with Crippen LogP contribution in [-0.2, 0) is 4.74 Å². The summed E-state index contributed by atoms with van der Waals surface area (Å²) in [6.07, 6.45) is 0. The molecule has 1 heterocycles. The Hall–Kier alpha value is -2.82. The van der Waals surface area contributed by atoms with E-state index in [2.05, 4.69) is 9.97 Å². The Balaban J connectivity index is 2.22. The zero-order valence-electron chi connectivity index (χ0n) is 11.6. The molecule has 3 aromatic rings. The molecule has 0 saturated heterocycles. The van der Waals surface area contributed by atoms with Gasteiger partial charge < -0.3 is 4.74 Å². The number of aromatic nitrogens is 2. The number of Topliss-reactive ketones (excluding diaryl/α,β-unsaturated/α-hetero) is 1. The van der Waals surface area contributed by atoms with E-state index in [1.54, 1.807) is 36.4 Å². The molecule has 0 saturated carbocycles. The standard InChI is InChI=1S/C16H12N2O3/c1-9(19)10-3-5-12-14(7-10)17-13-6-4-11(16(20)21-2)8-15(13)18-12/h3-8H,1-2H3. The minimum atomic E-state index is -0.411. The van der Waals surface area contributed by atoms with E-state index in [9.17, 15) is 9.59 Å². The number of benzene rings is 2. The number of fused-ring (bicyclic) bond motifs is 2. The Labute approximate surface area is 120 Å². The molecule has 0 aliphatic rings. The van der Waals surface area contributed by atoms with Gasteiger partial charge in [-0.05, 0) is 43.3 Å². The third-order valence-electron chi connectivity index (χ3n) is 3.26. The van der Waals surface area contributed by atoms with Crippen molar-refractivity contribution >= 4 is 33.8 Å². The van der Waals surface area contributed by atoms with Crippen molar-refractivity contribution in [2.45, 2.75) is 6.92 Å². The number of hydrogen-bond acceptors (Lipinski definition) is 5. The maximum absolute atomic E-state index is 11.5. The number of methoxy groups -OCH3 is 1. The summed E-state index contributed by atoms with van der Waals surface area (Å²) in [5.41, 5.74) is 3.63. The highest BCUT2D eigenvalue weighted by Gasteiger charge is 2.09. The molecule has 0 spiro atoms. The number of carbonyl (C=O) groups is 2. The van der Waals surface area contributed by atoms with Crippen LogP contribution in [0.4, 0.5) is 0 Å². The van der Waals surface area contributed by atoms with Crippen LogP contribution in [0.15, 0.2) is 36.4 Å². The van der Waals surface area contributed by atoms with Gasteiger partial charge in [-0.1, -0.05) is 0 Å². The van der Waals surface area contributed by atoms with Crippen LogP contribution in [0.5, 0.6) is 0 Å². The summed E-state index contributed by atoms with van der Waals surface area (Å²) < 4.78 is 4.69. The van der Waals surface area contributed by atoms with Crippen molar-refractivity contribution in [3.8, 4) is 0 Å². The van der Waals surface area contributed by atoms with Gasteiger partial charge in [-0.3, -0.25) is 4.79 Å². The summed E-state index contributed by atoms with van der Waals surface area (Å²) in [6.45, 7) is 1.51. The van der Waals surface area contributed by atoms with Crippen molar-refractivity contribution in [3.05, 3.63) is 47.5 Å². The number of ether oxygens (including phenoxy) is 1. The van der Waals surface area contributed by atoms with E-state index in [1.807, 2.05) is 0 Å². The van der Waals surface area contributed by atoms with Crippen molar-refractivity contribution in [1.29, 1.82) is 0 Å². The van der Waals surface area contributed by atoms with Crippen molar-refractivity contribution in [3.63, 3.8) is 0 Å². The summed E-state index contributed by atoms with van der Waals surface area (Å²) in [4.78, 5) is 31.9. The van der Waals surface area contributed by atoms with Gasteiger partial charge >= 0.3 is 5.97 Å². The van der Waals surface area contributed by atoms with Gasteiger partial charge in [0.2, 0.25) is 0 Å². The zero-order valence-corrected chi connectivity index (χ0v) is 11.6. The van der Waals surface area contributed by atoms with Gasteiger partial charge in [0.15, 0.2) is 5.78 Å². The largest absolute Gasteiger partial charge is 0.465 e. The second-order valence-corrected chi connectivity index (χ2v) is 4.68. The van der Waals surface area contributed by atoms with Crippen LogP contribution >= 0.6 is 0 Å². The second-order valence-electron chi connectivity index (χ2n) is 4.68. The number of ketones is 1. The van der Waals surface area contributed by atoms with Crippen molar-refractivity contribution < 1.29 is 14.3 Å². The quantitative estimate of drug-likeness (QED) is 0.410. The Morgan fingerprint density at radius 3 is 1.90 bits per heavy atom. The fourth-order valence-electron chi connectivity index (χ4n) is 2.14. The van der Waals surface area contributed by atoms with Gasteiger partial charge in [-0.15, -0.1) is 0 Å². The van der Waals surface area contributed by atoms with E-state index in [1.165, 1.54) is 14.0 Å². The lowest BCUT2D eigenvalue weighted by Crippen LogP contribution is -2.01. The highest BCUT2D eigenvalue weighted by atomic mass is 16.5. The van der Waals surface area contributed by atoms with Gasteiger partial charge in [0, 0.05) is 5.56 Å². The summed E-state index contributed by atoms with van der Waals surface area (Å²) in [5, 5.41) is 0. The number of esters is 1. The third kappa shape index (κ3) is 2.33. The molecule has 3 rings (SSSR count). The molecule has 0 aliphatic heterocycles. The average Bonchev–Trinajstić information content (AvgIpc) is 2.50. The number of carbonyl (C=O) groups excluding carboxylic acids is 2. The molecule has 21 heavy (non-hydrogen) atoms. The Kier molecular flexibility index (Phi) is 3.10. The van der Waals surface area contributed by atoms with E-state index in [0.29, 0.717) is 33.2 Å². The van der Waals surface area contributed by atoms with Gasteiger partial charge in [-0.2, -0.15) is 0 Å². The Morgan fingerprint density at radius 2 is 1.38 bits per heavy atom.